The van der Waals surface area contributed by atoms with Gasteiger partial charge >= 0.3 is 0 Å². The van der Waals surface area contributed by atoms with E-state index in [4.69, 9.17) is 0 Å². The SMILES string of the molecule is O=Cc1ccc(Br)cc1-n1cccc1. The molecule has 0 atom stereocenters. The monoisotopic (exact) mass is 249 g/mol. The molecule has 1 heterocycles. The van der Waals surface area contributed by atoms with Gasteiger partial charge in [0.15, 0.2) is 6.29 Å². The summed E-state index contributed by atoms with van der Waals surface area (Å²) in [6, 6.07) is 9.43. The molecule has 0 radical (unpaired) electrons. The van der Waals surface area contributed by atoms with Gasteiger partial charge in [0.25, 0.3) is 0 Å². The van der Waals surface area contributed by atoms with Crippen LogP contribution >= 0.6 is 15.9 Å². The third kappa shape index (κ3) is 1.63. The number of benzene rings is 1. The largest absolute Gasteiger partial charge is 0.323 e. The molecule has 0 bridgehead atoms. The molecule has 70 valence electrons. The number of hydrogen-bond donors (Lipinski definition) is 0. The molecule has 0 aliphatic carbocycles. The van der Waals surface area contributed by atoms with Crippen LogP contribution in [-0.4, -0.2) is 10.9 Å². The van der Waals surface area contributed by atoms with Crippen molar-refractivity contribution in [2.75, 3.05) is 0 Å². The van der Waals surface area contributed by atoms with Gasteiger partial charge in [0.05, 0.1) is 5.69 Å². The molecule has 0 spiro atoms. The maximum atomic E-state index is 10.8. The fourth-order valence-electron chi connectivity index (χ4n) is 1.34. The van der Waals surface area contributed by atoms with Crippen molar-refractivity contribution in [1.29, 1.82) is 0 Å². The number of halogens is 1. The van der Waals surface area contributed by atoms with E-state index in [0.717, 1.165) is 16.4 Å². The van der Waals surface area contributed by atoms with Crippen LogP contribution in [0.1, 0.15) is 10.4 Å². The summed E-state index contributed by atoms with van der Waals surface area (Å²) >= 11 is 3.38. The number of carbonyl (C=O) groups is 1. The average Bonchev–Trinajstić information content (AvgIpc) is 2.70. The molecule has 2 aromatic rings. The fraction of sp³-hybridized carbons (Fsp3) is 0. The average molecular weight is 250 g/mol. The molecule has 1 aromatic carbocycles. The first-order chi connectivity index (χ1) is 6.81. The number of aldehydes is 1. The molecule has 0 aliphatic heterocycles. The summed E-state index contributed by atoms with van der Waals surface area (Å²) in [5, 5.41) is 0. The number of aromatic nitrogens is 1. The fourth-order valence-corrected chi connectivity index (χ4v) is 1.68. The lowest BCUT2D eigenvalue weighted by Gasteiger charge is -2.06. The van der Waals surface area contributed by atoms with Crippen molar-refractivity contribution in [1.82, 2.24) is 4.57 Å². The van der Waals surface area contributed by atoms with E-state index in [-0.39, 0.29) is 0 Å². The second kappa shape index (κ2) is 3.80. The molecular weight excluding hydrogens is 242 g/mol. The maximum absolute atomic E-state index is 10.8. The molecule has 2 rings (SSSR count). The predicted molar refractivity (Wildman–Crippen MR) is 58.9 cm³/mol. The van der Waals surface area contributed by atoms with Gasteiger partial charge in [-0.05, 0) is 30.3 Å². The third-order valence-electron chi connectivity index (χ3n) is 2.00. The molecule has 0 fully saturated rings. The number of hydrogen-bond acceptors (Lipinski definition) is 1. The van der Waals surface area contributed by atoms with Crippen molar-refractivity contribution < 1.29 is 4.79 Å². The van der Waals surface area contributed by atoms with Gasteiger partial charge in [-0.25, -0.2) is 0 Å². The molecular formula is C11H8BrNO. The van der Waals surface area contributed by atoms with E-state index in [1.807, 2.05) is 41.2 Å². The Hall–Kier alpha value is -1.35. The van der Waals surface area contributed by atoms with Gasteiger partial charge in [-0.1, -0.05) is 15.9 Å². The van der Waals surface area contributed by atoms with Crippen LogP contribution in [0.3, 0.4) is 0 Å². The van der Waals surface area contributed by atoms with Crippen molar-refractivity contribution in [3.05, 3.63) is 52.8 Å². The van der Waals surface area contributed by atoms with Crippen LogP contribution < -0.4 is 0 Å². The van der Waals surface area contributed by atoms with Crippen LogP contribution in [0.4, 0.5) is 0 Å². The van der Waals surface area contributed by atoms with Crippen molar-refractivity contribution >= 4 is 22.2 Å². The van der Waals surface area contributed by atoms with Crippen molar-refractivity contribution in [2.24, 2.45) is 0 Å². The van der Waals surface area contributed by atoms with E-state index >= 15 is 0 Å². The number of rotatable bonds is 2. The lowest BCUT2D eigenvalue weighted by Crippen LogP contribution is -1.95. The minimum Gasteiger partial charge on any atom is -0.323 e. The van der Waals surface area contributed by atoms with E-state index in [1.165, 1.54) is 0 Å². The number of carbonyl (C=O) groups excluding carboxylic acids is 1. The Kier molecular flexibility index (Phi) is 2.50. The number of nitrogens with zero attached hydrogens (tertiary/aromatic N) is 1. The Morgan fingerprint density at radius 1 is 1.21 bits per heavy atom. The van der Waals surface area contributed by atoms with Gasteiger partial charge in [-0.3, -0.25) is 4.79 Å². The van der Waals surface area contributed by atoms with Gasteiger partial charge in [-0.2, -0.15) is 0 Å². The van der Waals surface area contributed by atoms with E-state index in [2.05, 4.69) is 15.9 Å². The summed E-state index contributed by atoms with van der Waals surface area (Å²) in [7, 11) is 0. The molecule has 0 aliphatic rings. The van der Waals surface area contributed by atoms with Crippen LogP contribution in [-0.2, 0) is 0 Å². The molecule has 0 unspecified atom stereocenters. The Labute approximate surface area is 90.3 Å². The van der Waals surface area contributed by atoms with Crippen molar-refractivity contribution in [3.8, 4) is 5.69 Å². The van der Waals surface area contributed by atoms with Gasteiger partial charge in [-0.15, -0.1) is 0 Å². The highest BCUT2D eigenvalue weighted by Gasteiger charge is 2.02. The van der Waals surface area contributed by atoms with Gasteiger partial charge in [0, 0.05) is 22.4 Å². The van der Waals surface area contributed by atoms with Crippen LogP contribution in [0.25, 0.3) is 5.69 Å². The normalized spacial score (nSPS) is 10.1. The van der Waals surface area contributed by atoms with Gasteiger partial charge in [0.2, 0.25) is 0 Å². The molecule has 0 N–H and O–H groups in total. The summed E-state index contributed by atoms with van der Waals surface area (Å²) in [5.74, 6) is 0. The first kappa shape index (κ1) is 9.21. The van der Waals surface area contributed by atoms with Gasteiger partial charge in [0.1, 0.15) is 0 Å². The van der Waals surface area contributed by atoms with E-state index in [1.54, 1.807) is 6.07 Å². The Balaban J connectivity index is 2.61. The van der Waals surface area contributed by atoms with Crippen LogP contribution in [0.2, 0.25) is 0 Å². The minimum atomic E-state index is 0.685. The molecule has 0 saturated carbocycles. The van der Waals surface area contributed by atoms with Crippen molar-refractivity contribution in [2.45, 2.75) is 0 Å². The smallest absolute Gasteiger partial charge is 0.152 e. The summed E-state index contributed by atoms with van der Waals surface area (Å²) < 4.78 is 2.88. The quantitative estimate of drug-likeness (QED) is 0.751. The van der Waals surface area contributed by atoms with Crippen LogP contribution in [0.5, 0.6) is 0 Å². The highest BCUT2D eigenvalue weighted by molar-refractivity contribution is 9.10. The van der Waals surface area contributed by atoms with E-state index in [9.17, 15) is 4.79 Å². The highest BCUT2D eigenvalue weighted by Crippen LogP contribution is 2.19. The summed E-state index contributed by atoms with van der Waals surface area (Å²) in [5.41, 5.74) is 1.57. The first-order valence-electron chi connectivity index (χ1n) is 4.19. The molecule has 1 aromatic heterocycles. The Morgan fingerprint density at radius 3 is 2.57 bits per heavy atom. The predicted octanol–water partition coefficient (Wildman–Crippen LogP) is 3.05. The van der Waals surface area contributed by atoms with E-state index < -0.39 is 0 Å². The van der Waals surface area contributed by atoms with Crippen molar-refractivity contribution in [3.63, 3.8) is 0 Å². The highest BCUT2D eigenvalue weighted by atomic mass is 79.9. The Morgan fingerprint density at radius 2 is 1.93 bits per heavy atom. The first-order valence-corrected chi connectivity index (χ1v) is 4.98. The van der Waals surface area contributed by atoms with E-state index in [0.29, 0.717) is 5.56 Å². The van der Waals surface area contributed by atoms with Crippen LogP contribution in [0.15, 0.2) is 47.2 Å². The molecule has 0 amide bonds. The molecule has 14 heavy (non-hydrogen) atoms. The van der Waals surface area contributed by atoms with Gasteiger partial charge < -0.3 is 4.57 Å². The molecule has 0 saturated heterocycles. The maximum Gasteiger partial charge on any atom is 0.152 e. The molecule has 2 nitrogen and oxygen atoms in total. The Bertz CT molecular complexity index is 448. The lowest BCUT2D eigenvalue weighted by molar-refractivity contribution is 0.112. The zero-order chi connectivity index (χ0) is 9.97. The second-order valence-corrected chi connectivity index (χ2v) is 3.83. The summed E-state index contributed by atoms with van der Waals surface area (Å²) in [6.07, 6.45) is 4.69. The standard InChI is InChI=1S/C11H8BrNO/c12-10-4-3-9(8-14)11(7-10)13-5-1-2-6-13/h1-8H. The topological polar surface area (TPSA) is 22.0 Å². The zero-order valence-electron chi connectivity index (χ0n) is 7.35. The molecule has 3 heteroatoms. The summed E-state index contributed by atoms with van der Waals surface area (Å²) in [4.78, 5) is 10.8. The second-order valence-electron chi connectivity index (χ2n) is 2.91. The minimum absolute atomic E-state index is 0.685. The zero-order valence-corrected chi connectivity index (χ0v) is 8.94. The third-order valence-corrected chi connectivity index (χ3v) is 2.50. The van der Waals surface area contributed by atoms with Crippen LogP contribution in [0, 0.1) is 0 Å². The lowest BCUT2D eigenvalue weighted by atomic mass is 10.2. The summed E-state index contributed by atoms with van der Waals surface area (Å²) in [6.45, 7) is 0.